The van der Waals surface area contributed by atoms with Gasteiger partial charge in [0.2, 0.25) is 0 Å². The Morgan fingerprint density at radius 1 is 1.08 bits per heavy atom. The van der Waals surface area contributed by atoms with Crippen LogP contribution in [0.1, 0.15) is 28.0 Å². The predicted octanol–water partition coefficient (Wildman–Crippen LogP) is 4.55. The van der Waals surface area contributed by atoms with Crippen LogP contribution < -0.4 is 4.90 Å². The first-order chi connectivity index (χ1) is 12.4. The molecule has 0 saturated heterocycles. The first-order valence-corrected chi connectivity index (χ1v) is 8.31. The number of aryl methyl sites for hydroxylation is 1. The molecule has 0 unspecified atom stereocenters. The van der Waals surface area contributed by atoms with Crippen molar-refractivity contribution in [1.82, 2.24) is 4.98 Å². The second-order valence-corrected chi connectivity index (χ2v) is 6.42. The van der Waals surface area contributed by atoms with Crippen LogP contribution in [0.2, 0.25) is 0 Å². The van der Waals surface area contributed by atoms with Gasteiger partial charge in [0.15, 0.2) is 0 Å². The first kappa shape index (κ1) is 16.6. The van der Waals surface area contributed by atoms with Crippen LogP contribution in [0, 0.1) is 24.4 Å². The molecule has 0 spiro atoms. The van der Waals surface area contributed by atoms with Gasteiger partial charge in [0, 0.05) is 35.3 Å². The van der Waals surface area contributed by atoms with E-state index in [1.807, 2.05) is 0 Å². The van der Waals surface area contributed by atoms with Gasteiger partial charge in [0.25, 0.3) is 5.91 Å². The number of halogens is 3. The van der Waals surface area contributed by atoms with Crippen molar-refractivity contribution in [3.05, 3.63) is 70.7 Å². The quantitative estimate of drug-likeness (QED) is 0.641. The van der Waals surface area contributed by atoms with Gasteiger partial charge in [-0.25, -0.2) is 13.2 Å². The van der Waals surface area contributed by atoms with E-state index in [2.05, 4.69) is 4.98 Å². The van der Waals surface area contributed by atoms with Gasteiger partial charge >= 0.3 is 0 Å². The number of amides is 1. The van der Waals surface area contributed by atoms with Gasteiger partial charge in [-0.2, -0.15) is 0 Å². The molecule has 26 heavy (non-hydrogen) atoms. The molecule has 1 amide bonds. The van der Waals surface area contributed by atoms with Crippen molar-refractivity contribution in [2.24, 2.45) is 0 Å². The van der Waals surface area contributed by atoms with Crippen molar-refractivity contribution in [3.8, 4) is 0 Å². The topological polar surface area (TPSA) is 33.2 Å². The Bertz CT molecular complexity index is 1040. The van der Waals surface area contributed by atoms with E-state index in [1.165, 1.54) is 29.2 Å². The Kier molecular flexibility index (Phi) is 3.90. The molecule has 2 aromatic carbocycles. The number of hydrogen-bond acceptors (Lipinski definition) is 2. The first-order valence-electron chi connectivity index (χ1n) is 8.31. The highest BCUT2D eigenvalue weighted by molar-refractivity contribution is 6.14. The van der Waals surface area contributed by atoms with Gasteiger partial charge in [0.1, 0.15) is 17.5 Å². The Morgan fingerprint density at radius 2 is 1.88 bits per heavy atom. The van der Waals surface area contributed by atoms with E-state index in [9.17, 15) is 18.0 Å². The maximum atomic E-state index is 14.1. The molecule has 3 nitrogen and oxygen atoms in total. The van der Waals surface area contributed by atoms with E-state index >= 15 is 0 Å². The van der Waals surface area contributed by atoms with E-state index in [1.54, 1.807) is 13.0 Å². The van der Waals surface area contributed by atoms with E-state index in [4.69, 9.17) is 0 Å². The third-order valence-corrected chi connectivity index (χ3v) is 4.61. The van der Waals surface area contributed by atoms with E-state index in [-0.39, 0.29) is 11.6 Å². The highest BCUT2D eigenvalue weighted by Gasteiger charge is 2.27. The maximum absolute atomic E-state index is 14.1. The summed E-state index contributed by atoms with van der Waals surface area (Å²) < 4.78 is 41.4. The van der Waals surface area contributed by atoms with Crippen LogP contribution in [0.15, 0.2) is 36.4 Å². The number of fused-ring (bicyclic) bond motifs is 2. The zero-order valence-electron chi connectivity index (χ0n) is 14.0. The van der Waals surface area contributed by atoms with E-state index in [0.717, 1.165) is 6.07 Å². The average molecular weight is 356 g/mol. The summed E-state index contributed by atoms with van der Waals surface area (Å²) in [6.07, 6.45) is 1.03. The zero-order valence-corrected chi connectivity index (χ0v) is 14.0. The van der Waals surface area contributed by atoms with Crippen molar-refractivity contribution in [3.63, 3.8) is 0 Å². The maximum Gasteiger partial charge on any atom is 0.259 e. The fourth-order valence-electron chi connectivity index (χ4n) is 3.48. The minimum Gasteiger partial charge on any atom is -0.308 e. The Morgan fingerprint density at radius 3 is 2.69 bits per heavy atom. The average Bonchev–Trinajstić information content (AvgIpc) is 2.59. The molecular weight excluding hydrogens is 341 g/mol. The largest absolute Gasteiger partial charge is 0.308 e. The van der Waals surface area contributed by atoms with Gasteiger partial charge in [-0.15, -0.1) is 0 Å². The molecule has 132 valence electrons. The van der Waals surface area contributed by atoms with Crippen LogP contribution in [-0.2, 0) is 6.42 Å². The summed E-state index contributed by atoms with van der Waals surface area (Å²) in [5.41, 5.74) is 1.87. The fourth-order valence-corrected chi connectivity index (χ4v) is 3.48. The normalized spacial score (nSPS) is 13.8. The summed E-state index contributed by atoms with van der Waals surface area (Å²) in [6, 6.07) is 7.67. The summed E-state index contributed by atoms with van der Waals surface area (Å²) in [7, 11) is 0. The molecule has 3 aromatic rings. The summed E-state index contributed by atoms with van der Waals surface area (Å²) in [4.78, 5) is 18.9. The number of carbonyl (C=O) groups is 1. The second kappa shape index (κ2) is 6.12. The Balaban J connectivity index is 1.87. The molecule has 1 aromatic heterocycles. The lowest BCUT2D eigenvalue weighted by atomic mass is 9.99. The fraction of sp³-hybridized carbons (Fsp3) is 0.200. The van der Waals surface area contributed by atoms with Crippen LogP contribution in [0.4, 0.5) is 18.9 Å². The molecular formula is C20H15F3N2O. The Hall–Kier alpha value is -2.89. The number of hydrogen-bond donors (Lipinski definition) is 0. The number of aromatic nitrogens is 1. The van der Waals surface area contributed by atoms with Crippen LogP contribution in [0.25, 0.3) is 10.9 Å². The monoisotopic (exact) mass is 356 g/mol. The number of anilines is 1. The van der Waals surface area contributed by atoms with Crippen molar-refractivity contribution in [2.45, 2.75) is 19.8 Å². The van der Waals surface area contributed by atoms with Crippen LogP contribution in [-0.4, -0.2) is 17.4 Å². The molecule has 4 rings (SSSR count). The number of rotatable bonds is 1. The molecule has 0 saturated carbocycles. The summed E-state index contributed by atoms with van der Waals surface area (Å²) >= 11 is 0. The summed E-state index contributed by atoms with van der Waals surface area (Å²) in [5, 5.41) is 0.506. The highest BCUT2D eigenvalue weighted by atomic mass is 19.1. The predicted molar refractivity (Wildman–Crippen MR) is 92.8 cm³/mol. The van der Waals surface area contributed by atoms with Crippen molar-refractivity contribution in [2.75, 3.05) is 11.4 Å². The van der Waals surface area contributed by atoms with Crippen molar-refractivity contribution < 1.29 is 18.0 Å². The zero-order chi connectivity index (χ0) is 18.4. The lowest BCUT2D eigenvalue weighted by Crippen LogP contribution is -2.36. The molecule has 6 heteroatoms. The SMILES string of the molecule is Cc1cc(C(=O)N2CCCc3c(F)cc(F)cc32)c2ccc(F)cc2n1. The lowest BCUT2D eigenvalue weighted by Gasteiger charge is -2.30. The van der Waals surface area contributed by atoms with Crippen molar-refractivity contribution in [1.29, 1.82) is 0 Å². The van der Waals surface area contributed by atoms with Gasteiger partial charge < -0.3 is 4.90 Å². The second-order valence-electron chi connectivity index (χ2n) is 6.42. The molecule has 0 radical (unpaired) electrons. The molecule has 0 aliphatic carbocycles. The lowest BCUT2D eigenvalue weighted by molar-refractivity contribution is 0.0986. The van der Waals surface area contributed by atoms with E-state index in [0.29, 0.717) is 47.1 Å². The third kappa shape index (κ3) is 2.71. The number of pyridine rings is 1. The third-order valence-electron chi connectivity index (χ3n) is 4.61. The number of benzene rings is 2. The molecule has 0 fully saturated rings. The number of nitrogens with zero attached hydrogens (tertiary/aromatic N) is 2. The molecule has 2 heterocycles. The standard InChI is InChI=1S/C20H15F3N2O/c1-11-7-16(14-5-4-12(21)9-18(14)24-11)20(26)25-6-2-3-15-17(23)8-13(22)10-19(15)25/h4-5,7-10H,2-3,6H2,1H3. The van der Waals surface area contributed by atoms with Crippen LogP contribution in [0.5, 0.6) is 0 Å². The Labute approximate surface area is 148 Å². The molecule has 0 bridgehead atoms. The smallest absolute Gasteiger partial charge is 0.259 e. The number of carbonyl (C=O) groups excluding carboxylic acids is 1. The van der Waals surface area contributed by atoms with Crippen molar-refractivity contribution >= 4 is 22.5 Å². The van der Waals surface area contributed by atoms with Crippen LogP contribution in [0.3, 0.4) is 0 Å². The van der Waals surface area contributed by atoms with Crippen LogP contribution >= 0.6 is 0 Å². The summed E-state index contributed by atoms with van der Waals surface area (Å²) in [6.45, 7) is 2.07. The highest BCUT2D eigenvalue weighted by Crippen LogP contribution is 2.32. The molecule has 1 aliphatic rings. The minimum atomic E-state index is -0.723. The van der Waals surface area contributed by atoms with Gasteiger partial charge in [0.05, 0.1) is 16.8 Å². The van der Waals surface area contributed by atoms with Gasteiger partial charge in [-0.3, -0.25) is 9.78 Å². The van der Waals surface area contributed by atoms with E-state index < -0.39 is 17.5 Å². The summed E-state index contributed by atoms with van der Waals surface area (Å²) in [5.74, 6) is -2.19. The molecule has 0 N–H and O–H groups in total. The minimum absolute atomic E-state index is 0.253. The van der Waals surface area contributed by atoms with Gasteiger partial charge in [-0.05, 0) is 44.0 Å². The molecule has 1 aliphatic heterocycles. The van der Waals surface area contributed by atoms with Gasteiger partial charge in [-0.1, -0.05) is 0 Å². The molecule has 0 atom stereocenters.